The third-order valence-corrected chi connectivity index (χ3v) is 3.46. The van der Waals surface area contributed by atoms with Gasteiger partial charge in [0.15, 0.2) is 10.4 Å². The number of hydrogen-bond acceptors (Lipinski definition) is 3. The van der Waals surface area contributed by atoms with E-state index < -0.39 is 0 Å². The number of aromatic amines is 1. The van der Waals surface area contributed by atoms with Crippen LogP contribution >= 0.6 is 23.8 Å². The van der Waals surface area contributed by atoms with Gasteiger partial charge in [0.25, 0.3) is 0 Å². The summed E-state index contributed by atoms with van der Waals surface area (Å²) in [6, 6.07) is 11.6. The van der Waals surface area contributed by atoms with Crippen LogP contribution in [-0.2, 0) is 6.42 Å². The van der Waals surface area contributed by atoms with E-state index in [4.69, 9.17) is 29.1 Å². The molecule has 0 fully saturated rings. The van der Waals surface area contributed by atoms with Gasteiger partial charge in [-0.2, -0.15) is 5.26 Å². The molecule has 20 heavy (non-hydrogen) atoms. The zero-order valence-corrected chi connectivity index (χ0v) is 11.9. The topological polar surface area (TPSA) is 57.4 Å². The Morgan fingerprint density at radius 3 is 2.80 bits per heavy atom. The van der Waals surface area contributed by atoms with Gasteiger partial charge >= 0.3 is 0 Å². The van der Waals surface area contributed by atoms with Crippen molar-refractivity contribution in [3.05, 3.63) is 51.9 Å². The number of rotatable bonds is 2. The molecule has 0 unspecified atom stereocenters. The summed E-state index contributed by atoms with van der Waals surface area (Å²) >= 11 is 11.3. The van der Waals surface area contributed by atoms with Gasteiger partial charge in [-0.05, 0) is 36.0 Å². The van der Waals surface area contributed by atoms with Crippen LogP contribution < -0.4 is 0 Å². The normalized spacial score (nSPS) is 10.6. The minimum Gasteiger partial charge on any atom is -0.329 e. The fourth-order valence-corrected chi connectivity index (χ4v) is 2.52. The number of hydrogen-bond donors (Lipinski definition) is 1. The fraction of sp³-hybridized carbons (Fsp3) is 0.0714. The molecule has 0 amide bonds. The summed E-state index contributed by atoms with van der Waals surface area (Å²) in [7, 11) is 0. The molecular weight excluding hydrogens is 292 g/mol. The molecule has 98 valence electrons. The third kappa shape index (κ3) is 2.20. The molecule has 0 aliphatic carbocycles. The van der Waals surface area contributed by atoms with Crippen LogP contribution in [0.4, 0.5) is 0 Å². The van der Waals surface area contributed by atoms with E-state index in [1.54, 1.807) is 12.3 Å². The first-order valence-electron chi connectivity index (χ1n) is 5.91. The number of fused-ring (bicyclic) bond motifs is 1. The van der Waals surface area contributed by atoms with Crippen molar-refractivity contribution < 1.29 is 0 Å². The molecule has 0 saturated carbocycles. The van der Waals surface area contributed by atoms with Gasteiger partial charge in [0.05, 0.1) is 23.0 Å². The molecule has 2 aromatic heterocycles. The number of nitriles is 1. The van der Waals surface area contributed by atoms with Crippen LogP contribution in [-0.4, -0.2) is 14.5 Å². The van der Waals surface area contributed by atoms with Crippen LogP contribution in [0.25, 0.3) is 16.9 Å². The van der Waals surface area contributed by atoms with Crippen LogP contribution in [0.3, 0.4) is 0 Å². The highest BCUT2D eigenvalue weighted by Gasteiger charge is 2.08. The number of benzene rings is 1. The second kappa shape index (κ2) is 5.08. The first-order chi connectivity index (χ1) is 9.69. The second-order valence-electron chi connectivity index (χ2n) is 4.29. The van der Waals surface area contributed by atoms with Crippen molar-refractivity contribution in [2.75, 3.05) is 0 Å². The Bertz CT molecular complexity index is 871. The number of halogens is 1. The molecule has 0 bridgehead atoms. The number of aromatic nitrogens is 3. The van der Waals surface area contributed by atoms with E-state index in [9.17, 15) is 0 Å². The quantitative estimate of drug-likeness (QED) is 0.732. The molecule has 6 heteroatoms. The maximum Gasteiger partial charge on any atom is 0.183 e. The zero-order valence-electron chi connectivity index (χ0n) is 10.3. The summed E-state index contributed by atoms with van der Waals surface area (Å²) in [5.41, 5.74) is 3.40. The van der Waals surface area contributed by atoms with E-state index >= 15 is 0 Å². The van der Waals surface area contributed by atoms with Crippen LogP contribution in [0, 0.1) is 16.1 Å². The molecule has 1 aromatic carbocycles. The number of nitrogens with one attached hydrogen (secondary N) is 1. The van der Waals surface area contributed by atoms with E-state index in [1.807, 2.05) is 28.8 Å². The molecule has 3 rings (SSSR count). The lowest BCUT2D eigenvalue weighted by atomic mass is 10.1. The second-order valence-corrected chi connectivity index (χ2v) is 5.11. The lowest BCUT2D eigenvalue weighted by molar-refractivity contribution is 1.04. The molecule has 0 radical (unpaired) electrons. The lowest BCUT2D eigenvalue weighted by Crippen LogP contribution is -1.95. The molecule has 0 atom stereocenters. The Morgan fingerprint density at radius 1 is 1.35 bits per heavy atom. The van der Waals surface area contributed by atoms with Crippen molar-refractivity contribution >= 4 is 35.0 Å². The minimum absolute atomic E-state index is 0.396. The highest BCUT2D eigenvalue weighted by Crippen LogP contribution is 2.20. The highest BCUT2D eigenvalue weighted by atomic mass is 35.5. The average Bonchev–Trinajstić information content (AvgIpc) is 2.75. The van der Waals surface area contributed by atoms with Crippen molar-refractivity contribution in [1.82, 2.24) is 14.5 Å². The van der Waals surface area contributed by atoms with Crippen molar-refractivity contribution in [3.63, 3.8) is 0 Å². The number of pyridine rings is 1. The van der Waals surface area contributed by atoms with E-state index in [2.05, 4.69) is 16.0 Å². The summed E-state index contributed by atoms with van der Waals surface area (Å²) < 4.78 is 2.40. The summed E-state index contributed by atoms with van der Waals surface area (Å²) in [6.45, 7) is 0. The Hall–Kier alpha value is -2.16. The first kappa shape index (κ1) is 12.9. The van der Waals surface area contributed by atoms with E-state index in [0.29, 0.717) is 16.2 Å². The predicted octanol–water partition coefficient (Wildman–Crippen LogP) is 3.80. The molecule has 0 aliphatic heterocycles. The van der Waals surface area contributed by atoms with Crippen LogP contribution in [0.1, 0.15) is 5.56 Å². The predicted molar refractivity (Wildman–Crippen MR) is 80.6 cm³/mol. The van der Waals surface area contributed by atoms with Crippen LogP contribution in [0.2, 0.25) is 5.02 Å². The Morgan fingerprint density at radius 2 is 2.10 bits per heavy atom. The number of nitrogens with zero attached hydrogens (tertiary/aromatic N) is 3. The molecule has 2 heterocycles. The van der Waals surface area contributed by atoms with E-state index in [0.717, 1.165) is 22.4 Å². The van der Waals surface area contributed by atoms with Crippen molar-refractivity contribution in [2.45, 2.75) is 6.42 Å². The average molecular weight is 301 g/mol. The maximum atomic E-state index is 8.69. The van der Waals surface area contributed by atoms with Gasteiger partial charge in [0, 0.05) is 11.9 Å². The molecular formula is C14H9ClN4S. The van der Waals surface area contributed by atoms with Gasteiger partial charge in [0.1, 0.15) is 0 Å². The maximum absolute atomic E-state index is 8.69. The number of imidazole rings is 1. The molecule has 1 N–H and O–H groups in total. The van der Waals surface area contributed by atoms with E-state index in [1.165, 1.54) is 0 Å². The van der Waals surface area contributed by atoms with Gasteiger partial charge in [-0.3, -0.25) is 4.57 Å². The summed E-state index contributed by atoms with van der Waals surface area (Å²) in [6.07, 6.45) is 1.99. The zero-order chi connectivity index (χ0) is 14.1. The summed E-state index contributed by atoms with van der Waals surface area (Å²) in [5.74, 6) is 0. The van der Waals surface area contributed by atoms with Gasteiger partial charge in [0.2, 0.25) is 0 Å². The monoisotopic (exact) mass is 300 g/mol. The van der Waals surface area contributed by atoms with Gasteiger partial charge in [-0.25, -0.2) is 4.98 Å². The Labute approximate surface area is 125 Å². The van der Waals surface area contributed by atoms with Crippen molar-refractivity contribution in [1.29, 1.82) is 5.26 Å². The van der Waals surface area contributed by atoms with Crippen LogP contribution in [0.5, 0.6) is 0 Å². The Balaban J connectivity index is 2.17. The van der Waals surface area contributed by atoms with Gasteiger partial charge in [-0.1, -0.05) is 23.7 Å². The molecule has 0 spiro atoms. The highest BCUT2D eigenvalue weighted by molar-refractivity contribution is 7.71. The van der Waals surface area contributed by atoms with Crippen LogP contribution in [0.15, 0.2) is 36.5 Å². The van der Waals surface area contributed by atoms with Gasteiger partial charge < -0.3 is 4.98 Å². The largest absolute Gasteiger partial charge is 0.329 e. The standard InChI is InChI=1S/C14H9ClN4S/c15-10-7-12-13(17-8-10)19(14(20)18-12)11-3-1-9(2-4-11)5-6-16/h1-4,7-8H,5H2,(H,18,20). The number of H-pyrrole nitrogens is 1. The molecule has 0 aliphatic rings. The molecule has 0 saturated heterocycles. The summed E-state index contributed by atoms with van der Waals surface area (Å²) in [4.78, 5) is 7.40. The fourth-order valence-electron chi connectivity index (χ4n) is 2.06. The first-order valence-corrected chi connectivity index (χ1v) is 6.70. The third-order valence-electron chi connectivity index (χ3n) is 2.97. The SMILES string of the molecule is N#CCc1ccc(-n2c(=S)[nH]c3cc(Cl)cnc32)cc1. The van der Waals surface area contributed by atoms with Crippen molar-refractivity contribution in [3.8, 4) is 11.8 Å². The Kier molecular flexibility index (Phi) is 3.26. The minimum atomic E-state index is 0.396. The lowest BCUT2D eigenvalue weighted by Gasteiger charge is -2.04. The molecule has 3 aromatic rings. The van der Waals surface area contributed by atoms with Gasteiger partial charge in [-0.15, -0.1) is 0 Å². The summed E-state index contributed by atoms with van der Waals surface area (Å²) in [5, 5.41) is 9.25. The van der Waals surface area contributed by atoms with Crippen molar-refractivity contribution in [2.24, 2.45) is 0 Å². The van der Waals surface area contributed by atoms with E-state index in [-0.39, 0.29) is 0 Å². The molecule has 4 nitrogen and oxygen atoms in total. The smallest absolute Gasteiger partial charge is 0.183 e.